The third-order valence-corrected chi connectivity index (χ3v) is 4.42. The van der Waals surface area contributed by atoms with Crippen LogP contribution in [0.3, 0.4) is 0 Å². The lowest BCUT2D eigenvalue weighted by Crippen LogP contribution is -2.35. The van der Waals surface area contributed by atoms with E-state index in [1.54, 1.807) is 12.3 Å². The van der Waals surface area contributed by atoms with Crippen molar-refractivity contribution >= 4 is 17.6 Å². The number of hydrogen-bond acceptors (Lipinski definition) is 4. The minimum absolute atomic E-state index is 0.0885. The number of aromatic nitrogens is 2. The van der Waals surface area contributed by atoms with Crippen molar-refractivity contribution in [2.75, 3.05) is 11.9 Å². The zero-order valence-electron chi connectivity index (χ0n) is 14.5. The van der Waals surface area contributed by atoms with Crippen LogP contribution in [0.2, 0.25) is 0 Å². The van der Waals surface area contributed by atoms with Crippen molar-refractivity contribution in [3.05, 3.63) is 47.7 Å². The van der Waals surface area contributed by atoms with Crippen molar-refractivity contribution in [1.82, 2.24) is 14.7 Å². The van der Waals surface area contributed by atoms with Gasteiger partial charge in [-0.2, -0.15) is 10.4 Å². The molecule has 0 radical (unpaired) electrons. The normalized spacial score (nSPS) is 13.0. The van der Waals surface area contributed by atoms with Gasteiger partial charge in [-0.05, 0) is 24.0 Å². The summed E-state index contributed by atoms with van der Waals surface area (Å²) in [6.45, 7) is 1.53. The fourth-order valence-corrected chi connectivity index (χ4v) is 3.06. The number of nitrogens with one attached hydrogen (secondary N) is 1. The monoisotopic (exact) mass is 351 g/mol. The van der Waals surface area contributed by atoms with Gasteiger partial charge in [0.15, 0.2) is 5.82 Å². The van der Waals surface area contributed by atoms with Crippen molar-refractivity contribution in [2.45, 2.75) is 38.8 Å². The Morgan fingerprint density at radius 3 is 2.81 bits per heavy atom. The Balaban J connectivity index is 1.41. The van der Waals surface area contributed by atoms with E-state index in [-0.39, 0.29) is 24.8 Å². The number of amides is 2. The molecule has 1 aromatic heterocycles. The van der Waals surface area contributed by atoms with Crippen LogP contribution in [0.1, 0.15) is 30.4 Å². The molecule has 0 saturated carbocycles. The number of nitrogens with zero attached hydrogens (tertiary/aromatic N) is 4. The summed E-state index contributed by atoms with van der Waals surface area (Å²) in [5, 5.41) is 15.4. The SMILES string of the molecule is N#CCn1ccc(NC(=O)CCCC(=O)N2CCc3ccccc3C2)n1. The van der Waals surface area contributed by atoms with Crippen molar-refractivity contribution in [3.8, 4) is 6.07 Å². The van der Waals surface area contributed by atoms with Gasteiger partial charge >= 0.3 is 0 Å². The highest BCUT2D eigenvalue weighted by Crippen LogP contribution is 2.19. The van der Waals surface area contributed by atoms with Gasteiger partial charge in [0.05, 0.1) is 6.07 Å². The van der Waals surface area contributed by atoms with Gasteiger partial charge in [0.2, 0.25) is 11.8 Å². The highest BCUT2D eigenvalue weighted by Gasteiger charge is 2.20. The van der Waals surface area contributed by atoms with Crippen LogP contribution >= 0.6 is 0 Å². The van der Waals surface area contributed by atoms with Crippen LogP contribution < -0.4 is 5.32 Å². The Labute approximate surface area is 152 Å². The first-order valence-corrected chi connectivity index (χ1v) is 8.70. The average Bonchev–Trinajstić information content (AvgIpc) is 3.08. The number of carbonyl (C=O) groups excluding carboxylic acids is 2. The van der Waals surface area contributed by atoms with Gasteiger partial charge < -0.3 is 10.2 Å². The maximum atomic E-state index is 12.4. The summed E-state index contributed by atoms with van der Waals surface area (Å²) >= 11 is 0. The molecular weight excluding hydrogens is 330 g/mol. The largest absolute Gasteiger partial charge is 0.338 e. The molecule has 1 aliphatic rings. The molecule has 0 spiro atoms. The number of carbonyl (C=O) groups is 2. The number of anilines is 1. The number of fused-ring (bicyclic) bond motifs is 1. The van der Waals surface area contributed by atoms with Gasteiger partial charge in [-0.15, -0.1) is 0 Å². The molecule has 3 rings (SSSR count). The van der Waals surface area contributed by atoms with E-state index in [0.717, 1.165) is 13.0 Å². The smallest absolute Gasteiger partial charge is 0.225 e. The Morgan fingerprint density at radius 2 is 2.00 bits per heavy atom. The third kappa shape index (κ3) is 4.48. The molecule has 0 unspecified atom stereocenters. The zero-order valence-corrected chi connectivity index (χ0v) is 14.5. The maximum Gasteiger partial charge on any atom is 0.225 e. The van der Waals surface area contributed by atoms with Crippen LogP contribution in [-0.2, 0) is 29.1 Å². The van der Waals surface area contributed by atoms with Crippen LogP contribution in [0.5, 0.6) is 0 Å². The van der Waals surface area contributed by atoms with Crippen molar-refractivity contribution in [1.29, 1.82) is 5.26 Å². The second kappa shape index (κ2) is 8.30. The molecule has 7 nitrogen and oxygen atoms in total. The van der Waals surface area contributed by atoms with Crippen LogP contribution in [0.15, 0.2) is 36.5 Å². The van der Waals surface area contributed by atoms with Gasteiger partial charge in [-0.25, -0.2) is 0 Å². The summed E-state index contributed by atoms with van der Waals surface area (Å²) in [4.78, 5) is 26.2. The van der Waals surface area contributed by atoms with Crippen molar-refractivity contribution < 1.29 is 9.59 Å². The molecule has 26 heavy (non-hydrogen) atoms. The second-order valence-electron chi connectivity index (χ2n) is 6.29. The summed E-state index contributed by atoms with van der Waals surface area (Å²) in [5.41, 5.74) is 2.52. The first-order valence-electron chi connectivity index (χ1n) is 8.70. The molecule has 2 heterocycles. The fourth-order valence-electron chi connectivity index (χ4n) is 3.06. The summed E-state index contributed by atoms with van der Waals surface area (Å²) in [6.07, 6.45) is 3.64. The summed E-state index contributed by atoms with van der Waals surface area (Å²) in [7, 11) is 0. The van der Waals surface area contributed by atoms with E-state index in [4.69, 9.17) is 5.26 Å². The van der Waals surface area contributed by atoms with E-state index in [1.165, 1.54) is 15.8 Å². The first kappa shape index (κ1) is 17.7. The van der Waals surface area contributed by atoms with E-state index in [2.05, 4.69) is 22.5 Å². The maximum absolute atomic E-state index is 12.4. The Kier molecular flexibility index (Phi) is 5.64. The summed E-state index contributed by atoms with van der Waals surface area (Å²) in [6, 6.07) is 11.8. The third-order valence-electron chi connectivity index (χ3n) is 4.42. The predicted molar refractivity (Wildman–Crippen MR) is 95.9 cm³/mol. The van der Waals surface area contributed by atoms with Gasteiger partial charge in [-0.3, -0.25) is 14.3 Å². The zero-order chi connectivity index (χ0) is 18.4. The van der Waals surface area contributed by atoms with Crippen LogP contribution in [0, 0.1) is 11.3 Å². The van der Waals surface area contributed by atoms with Crippen molar-refractivity contribution in [3.63, 3.8) is 0 Å². The highest BCUT2D eigenvalue weighted by atomic mass is 16.2. The standard InChI is InChI=1S/C19H21N5O2/c20-10-13-24-12-9-17(22-24)21-18(25)6-3-7-19(26)23-11-8-15-4-1-2-5-16(15)14-23/h1-2,4-5,9,12H,3,6-8,11,13-14H2,(H,21,22,25). The molecule has 0 bridgehead atoms. The van der Waals surface area contributed by atoms with E-state index in [1.807, 2.05) is 23.1 Å². The molecule has 2 amide bonds. The lowest BCUT2D eigenvalue weighted by Gasteiger charge is -2.29. The summed E-state index contributed by atoms with van der Waals surface area (Å²) in [5.74, 6) is 0.332. The topological polar surface area (TPSA) is 91.0 Å². The van der Waals surface area contributed by atoms with E-state index < -0.39 is 0 Å². The van der Waals surface area contributed by atoms with Crippen LogP contribution in [0.4, 0.5) is 5.82 Å². The molecule has 2 aromatic rings. The van der Waals surface area contributed by atoms with E-state index in [0.29, 0.717) is 25.2 Å². The molecular formula is C19H21N5O2. The molecule has 1 N–H and O–H groups in total. The van der Waals surface area contributed by atoms with E-state index in [9.17, 15) is 9.59 Å². The second-order valence-corrected chi connectivity index (χ2v) is 6.29. The van der Waals surface area contributed by atoms with Crippen molar-refractivity contribution in [2.24, 2.45) is 0 Å². The summed E-state index contributed by atoms with van der Waals surface area (Å²) < 4.78 is 1.45. The first-order chi connectivity index (χ1) is 12.7. The molecule has 7 heteroatoms. The minimum atomic E-state index is -0.177. The molecule has 134 valence electrons. The Bertz CT molecular complexity index is 836. The molecule has 0 fully saturated rings. The van der Waals surface area contributed by atoms with Crippen LogP contribution in [-0.4, -0.2) is 33.0 Å². The van der Waals surface area contributed by atoms with E-state index >= 15 is 0 Å². The fraction of sp³-hybridized carbons (Fsp3) is 0.368. The minimum Gasteiger partial charge on any atom is -0.338 e. The number of benzene rings is 1. The Hall–Kier alpha value is -3.14. The lowest BCUT2D eigenvalue weighted by atomic mass is 9.99. The Morgan fingerprint density at radius 1 is 1.19 bits per heavy atom. The number of hydrogen-bond donors (Lipinski definition) is 1. The lowest BCUT2D eigenvalue weighted by molar-refractivity contribution is -0.132. The molecule has 0 atom stereocenters. The molecule has 1 aromatic carbocycles. The molecule has 1 aliphatic heterocycles. The molecule has 0 aliphatic carbocycles. The predicted octanol–water partition coefficient (Wildman–Crippen LogP) is 2.10. The van der Waals surface area contributed by atoms with Gasteiger partial charge in [0.1, 0.15) is 6.54 Å². The van der Waals surface area contributed by atoms with Crippen LogP contribution in [0.25, 0.3) is 0 Å². The quantitative estimate of drug-likeness (QED) is 0.863. The van der Waals surface area contributed by atoms with Gasteiger partial charge in [0.25, 0.3) is 0 Å². The number of nitriles is 1. The molecule has 0 saturated heterocycles. The highest BCUT2D eigenvalue weighted by molar-refractivity contribution is 5.90. The average molecular weight is 351 g/mol. The van der Waals surface area contributed by atoms with Gasteiger partial charge in [-0.1, -0.05) is 24.3 Å². The number of rotatable bonds is 6. The van der Waals surface area contributed by atoms with Gasteiger partial charge in [0, 0.05) is 38.2 Å².